The molecule has 0 aromatic carbocycles. The van der Waals surface area contributed by atoms with Crippen molar-refractivity contribution >= 4 is 22.5 Å². The van der Waals surface area contributed by atoms with E-state index < -0.39 is 14.7 Å². The molecule has 0 bridgehead atoms. The average molecular weight is 401 g/mol. The molecule has 0 aromatic heterocycles. The summed E-state index contributed by atoms with van der Waals surface area (Å²) in [6, 6.07) is 0.518. The van der Waals surface area contributed by atoms with Crippen LogP contribution in [0.5, 0.6) is 0 Å². The number of hydrogen-bond acceptors (Lipinski definition) is 7. The highest BCUT2D eigenvalue weighted by molar-refractivity contribution is 7.44. The van der Waals surface area contributed by atoms with E-state index in [-0.39, 0.29) is 43.5 Å². The van der Waals surface area contributed by atoms with E-state index in [1.54, 1.807) is 6.08 Å². The minimum atomic E-state index is -1.30. The lowest BCUT2D eigenvalue weighted by atomic mass is 9.96. The summed E-state index contributed by atoms with van der Waals surface area (Å²) in [4.78, 5) is 11.6. The van der Waals surface area contributed by atoms with Crippen molar-refractivity contribution in [3.05, 3.63) is 25.3 Å². The van der Waals surface area contributed by atoms with Gasteiger partial charge in [-0.15, -0.1) is 6.58 Å². The molecule has 4 atom stereocenters. The van der Waals surface area contributed by atoms with Gasteiger partial charge < -0.3 is 23.3 Å². The summed E-state index contributed by atoms with van der Waals surface area (Å²) in [6.45, 7) is 16.2. The monoisotopic (exact) mass is 401 g/mol. The molecule has 1 aliphatic heterocycles. The van der Waals surface area contributed by atoms with Crippen molar-refractivity contribution in [2.24, 2.45) is 0 Å². The maximum atomic E-state index is 11.6. The third-order valence-electron chi connectivity index (χ3n) is 3.85. The molecule has 154 valence electrons. The minimum Gasteiger partial charge on any atom is -0.431 e. The number of hydrogen-bond donors (Lipinski definition) is 0. The Balaban J connectivity index is 2.76. The van der Waals surface area contributed by atoms with Crippen molar-refractivity contribution in [1.29, 1.82) is 0 Å². The van der Waals surface area contributed by atoms with Crippen molar-refractivity contribution in [2.75, 3.05) is 19.8 Å². The Kier molecular flexibility index (Phi) is 11.2. The fourth-order valence-corrected chi connectivity index (χ4v) is 4.60. The number of ether oxygens (including phenoxy) is 3. The minimum absolute atomic E-state index is 0.00981. The van der Waals surface area contributed by atoms with Crippen LogP contribution in [0.3, 0.4) is 0 Å². The Morgan fingerprint density at radius 1 is 1.22 bits per heavy atom. The standard InChI is InChI=1S/C18H33BNO6P/c1-7-9-22-18(21)23-12-16-15(11-17(19)25-16)26-27(24-10-8-2)20(13(3)4)14(5)6/h7-8,13-17H,1-2,9-12,19H2,3-6H3/t15-,16+,17+,27?/m0/s1. The molecular formula is C18H33BNO6P. The lowest BCUT2D eigenvalue weighted by Gasteiger charge is -2.37. The van der Waals surface area contributed by atoms with E-state index in [2.05, 4.69) is 45.5 Å². The maximum Gasteiger partial charge on any atom is 0.508 e. The predicted molar refractivity (Wildman–Crippen MR) is 109 cm³/mol. The van der Waals surface area contributed by atoms with Crippen LogP contribution in [0, 0.1) is 0 Å². The van der Waals surface area contributed by atoms with E-state index in [1.165, 1.54) is 6.08 Å². The second kappa shape index (κ2) is 12.5. The highest BCUT2D eigenvalue weighted by Crippen LogP contribution is 2.48. The van der Waals surface area contributed by atoms with Gasteiger partial charge in [-0.25, -0.2) is 9.46 Å². The number of rotatable bonds is 12. The maximum absolute atomic E-state index is 11.6. The SMILES string of the molecule is B[C@H]1C[C@H](OP(OCC=C)N(C(C)C)C(C)C)[C@@H](COC(=O)OCC=C)O1. The van der Waals surface area contributed by atoms with E-state index in [0.29, 0.717) is 13.0 Å². The molecule has 0 N–H and O–H groups in total. The van der Waals surface area contributed by atoms with Crippen LogP contribution in [0.1, 0.15) is 34.1 Å². The third-order valence-corrected chi connectivity index (χ3v) is 5.97. The van der Waals surface area contributed by atoms with Gasteiger partial charge in [0.1, 0.15) is 27.2 Å². The second-order valence-corrected chi connectivity index (χ2v) is 8.32. The van der Waals surface area contributed by atoms with Gasteiger partial charge >= 0.3 is 6.16 Å². The van der Waals surface area contributed by atoms with Crippen LogP contribution >= 0.6 is 8.53 Å². The molecule has 0 radical (unpaired) electrons. The van der Waals surface area contributed by atoms with Crippen LogP contribution < -0.4 is 0 Å². The van der Waals surface area contributed by atoms with Crippen LogP contribution in [0.2, 0.25) is 0 Å². The highest BCUT2D eigenvalue weighted by Gasteiger charge is 2.39. The van der Waals surface area contributed by atoms with Gasteiger partial charge in [-0.1, -0.05) is 18.7 Å². The molecular weight excluding hydrogens is 368 g/mol. The summed E-state index contributed by atoms with van der Waals surface area (Å²) < 4.78 is 30.4. The molecule has 7 nitrogen and oxygen atoms in total. The average Bonchev–Trinajstić information content (AvgIpc) is 2.94. The largest absolute Gasteiger partial charge is 0.508 e. The fourth-order valence-electron chi connectivity index (χ4n) is 2.85. The Bertz CT molecular complexity index is 471. The highest BCUT2D eigenvalue weighted by atomic mass is 31.2. The molecule has 0 amide bonds. The molecule has 1 aliphatic rings. The zero-order chi connectivity index (χ0) is 20.4. The Morgan fingerprint density at radius 2 is 1.85 bits per heavy atom. The molecule has 0 saturated carbocycles. The zero-order valence-electron chi connectivity index (χ0n) is 17.1. The zero-order valence-corrected chi connectivity index (χ0v) is 18.0. The van der Waals surface area contributed by atoms with E-state index in [4.69, 9.17) is 23.3 Å². The molecule has 0 spiro atoms. The van der Waals surface area contributed by atoms with Crippen molar-refractivity contribution in [2.45, 2.75) is 64.4 Å². The van der Waals surface area contributed by atoms with Gasteiger partial charge in [0.15, 0.2) is 0 Å². The van der Waals surface area contributed by atoms with Crippen molar-refractivity contribution < 1.29 is 28.1 Å². The molecule has 9 heteroatoms. The Hall–Kier alpha value is -0.915. The summed E-state index contributed by atoms with van der Waals surface area (Å²) in [5.41, 5.74) is 0. The fraction of sp³-hybridized carbons (Fsp3) is 0.722. The Labute approximate surface area is 165 Å². The summed E-state index contributed by atoms with van der Waals surface area (Å²) in [6.07, 6.45) is 2.56. The van der Waals surface area contributed by atoms with E-state index in [9.17, 15) is 4.79 Å². The van der Waals surface area contributed by atoms with E-state index in [1.807, 2.05) is 7.85 Å². The molecule has 1 fully saturated rings. The quantitative estimate of drug-likeness (QED) is 0.216. The third kappa shape index (κ3) is 8.32. The van der Waals surface area contributed by atoms with Crippen LogP contribution in [-0.4, -0.2) is 68.8 Å². The molecule has 0 aromatic rings. The van der Waals surface area contributed by atoms with Gasteiger partial charge in [0.2, 0.25) is 0 Å². The van der Waals surface area contributed by atoms with Gasteiger partial charge in [0.05, 0.1) is 12.7 Å². The number of carbonyl (C=O) groups is 1. The van der Waals surface area contributed by atoms with Gasteiger partial charge in [-0.05, 0) is 34.1 Å². The normalized spacial score (nSPS) is 23.6. The Morgan fingerprint density at radius 3 is 2.41 bits per heavy atom. The molecule has 1 heterocycles. The first-order valence-electron chi connectivity index (χ1n) is 9.34. The van der Waals surface area contributed by atoms with Crippen LogP contribution in [0.4, 0.5) is 4.79 Å². The van der Waals surface area contributed by atoms with Crippen molar-refractivity contribution in [3.8, 4) is 0 Å². The molecule has 1 saturated heterocycles. The van der Waals surface area contributed by atoms with Crippen molar-refractivity contribution in [3.63, 3.8) is 0 Å². The summed E-state index contributed by atoms with van der Waals surface area (Å²) in [5.74, 6) is 0. The lowest BCUT2D eigenvalue weighted by Crippen LogP contribution is -2.36. The first-order valence-corrected chi connectivity index (χ1v) is 10.5. The van der Waals surface area contributed by atoms with Crippen LogP contribution in [-0.2, 0) is 23.3 Å². The summed E-state index contributed by atoms with van der Waals surface area (Å²) >= 11 is 0. The molecule has 0 aliphatic carbocycles. The molecule has 1 rings (SSSR count). The van der Waals surface area contributed by atoms with Crippen molar-refractivity contribution in [1.82, 2.24) is 4.67 Å². The van der Waals surface area contributed by atoms with E-state index in [0.717, 1.165) is 0 Å². The first-order chi connectivity index (χ1) is 12.8. The number of carbonyl (C=O) groups excluding carboxylic acids is 1. The smallest absolute Gasteiger partial charge is 0.431 e. The van der Waals surface area contributed by atoms with E-state index >= 15 is 0 Å². The van der Waals surface area contributed by atoms with Gasteiger partial charge in [0.25, 0.3) is 8.53 Å². The number of nitrogens with zero attached hydrogens (tertiary/aromatic N) is 1. The molecule has 27 heavy (non-hydrogen) atoms. The lowest BCUT2D eigenvalue weighted by molar-refractivity contribution is -0.0235. The van der Waals surface area contributed by atoms with Gasteiger partial charge in [-0.2, -0.15) is 0 Å². The second-order valence-electron chi connectivity index (χ2n) is 6.92. The topological polar surface area (TPSA) is 66.5 Å². The summed E-state index contributed by atoms with van der Waals surface area (Å²) in [5, 5.41) is 0. The first kappa shape index (κ1) is 24.1. The summed E-state index contributed by atoms with van der Waals surface area (Å²) in [7, 11) is 0.670. The van der Waals surface area contributed by atoms with Gasteiger partial charge in [-0.3, -0.25) is 0 Å². The van der Waals surface area contributed by atoms with Crippen LogP contribution in [0.25, 0.3) is 0 Å². The van der Waals surface area contributed by atoms with Crippen LogP contribution in [0.15, 0.2) is 25.3 Å². The van der Waals surface area contributed by atoms with Gasteiger partial charge in [0, 0.05) is 18.1 Å². The predicted octanol–water partition coefficient (Wildman–Crippen LogP) is 3.01. The molecule has 1 unspecified atom stereocenters.